The molecule has 0 aromatic rings. The normalized spacial score (nSPS) is 54.4. The van der Waals surface area contributed by atoms with Gasteiger partial charge in [-0.15, -0.1) is 0 Å². The van der Waals surface area contributed by atoms with Crippen molar-refractivity contribution in [1.29, 1.82) is 0 Å². The molecule has 4 saturated carbocycles. The SMILES string of the molecule is C[C@@H]1O[C@@H](O[C@H]2CCC3(C)C(CCC4(C)C3CC=C3C5CC(C)(C)CCC5(C(=O)O)CCC34C)C2(C)C)[C@H](O)[C@H](O)[C@H]1O[C@@H]1OC[C@H](O)[C@H](O)[C@H]1O[C@@H]1OC[C@@H](O)[C@H](O)[C@H]1O[C@@H]1OC[C@@H](O[C@@H]2O[C@H](CO)[C@@H](O)[C@H](O)[C@H]2O)[C@H](O)[C@H]1O. The van der Waals surface area contributed by atoms with E-state index in [-0.39, 0.29) is 39.6 Å². The van der Waals surface area contributed by atoms with Crippen molar-refractivity contribution >= 4 is 5.97 Å². The summed E-state index contributed by atoms with van der Waals surface area (Å²) in [4.78, 5) is 13.2. The number of carboxylic acids is 1. The molecule has 24 nitrogen and oxygen atoms in total. The molecule has 10 rings (SSSR count). The summed E-state index contributed by atoms with van der Waals surface area (Å²) in [6.07, 6.45) is -25.1. The molecule has 7 unspecified atom stereocenters. The number of aliphatic hydroxyl groups is 12. The molecule has 10 aliphatic rings. The largest absolute Gasteiger partial charge is 0.481 e. The number of rotatable bonds is 12. The van der Waals surface area contributed by atoms with Gasteiger partial charge in [0.2, 0.25) is 0 Å². The van der Waals surface area contributed by atoms with Crippen LogP contribution >= 0.6 is 0 Å². The van der Waals surface area contributed by atoms with Crippen LogP contribution in [-0.2, 0) is 52.2 Å². The zero-order valence-corrected chi connectivity index (χ0v) is 47.8. The fraction of sp³-hybridized carbons (Fsp3) is 0.947. The third-order valence-corrected chi connectivity index (χ3v) is 22.4. The van der Waals surface area contributed by atoms with Gasteiger partial charge in [-0.25, -0.2) is 0 Å². The predicted molar refractivity (Wildman–Crippen MR) is 276 cm³/mol. The van der Waals surface area contributed by atoms with Gasteiger partial charge in [0.05, 0.1) is 44.1 Å². The van der Waals surface area contributed by atoms with E-state index in [9.17, 15) is 71.2 Å². The Kier molecular flexibility index (Phi) is 17.6. The van der Waals surface area contributed by atoms with Crippen LogP contribution in [0.3, 0.4) is 0 Å². The highest BCUT2D eigenvalue weighted by Gasteiger charge is 2.70. The Balaban J connectivity index is 0.784. The van der Waals surface area contributed by atoms with Crippen LogP contribution in [0.5, 0.6) is 0 Å². The van der Waals surface area contributed by atoms with Crippen LogP contribution in [-0.4, -0.2) is 240 Å². The predicted octanol–water partition coefficient (Wildman–Crippen LogP) is -0.700. The molecule has 24 heteroatoms. The van der Waals surface area contributed by atoms with Crippen molar-refractivity contribution < 1.29 is 119 Å². The smallest absolute Gasteiger partial charge is 0.310 e. The lowest BCUT2D eigenvalue weighted by atomic mass is 9.33. The van der Waals surface area contributed by atoms with E-state index in [4.69, 9.17) is 47.4 Å². The average Bonchev–Trinajstić information content (AvgIpc) is 1.12. The summed E-state index contributed by atoms with van der Waals surface area (Å²) in [5.74, 6) is -0.0592. The first kappa shape index (κ1) is 62.4. The minimum absolute atomic E-state index is 0.0161. The second-order valence-electron chi connectivity index (χ2n) is 27.7. The van der Waals surface area contributed by atoms with Gasteiger partial charge in [0.1, 0.15) is 97.7 Å². The highest BCUT2D eigenvalue weighted by Crippen LogP contribution is 2.76. The van der Waals surface area contributed by atoms with Gasteiger partial charge >= 0.3 is 5.97 Å². The Morgan fingerprint density at radius 3 is 1.77 bits per heavy atom. The number of allylic oxidation sites excluding steroid dienone is 2. The van der Waals surface area contributed by atoms with Crippen molar-refractivity contribution in [1.82, 2.24) is 0 Å². The fourth-order valence-electron chi connectivity index (χ4n) is 17.2. The maximum absolute atomic E-state index is 13.2. The van der Waals surface area contributed by atoms with E-state index in [0.29, 0.717) is 25.2 Å². The molecule has 30 atom stereocenters. The number of carbonyl (C=O) groups is 1. The highest BCUT2D eigenvalue weighted by atomic mass is 16.8. The second-order valence-corrected chi connectivity index (χ2v) is 27.7. The third kappa shape index (κ3) is 10.5. The number of carboxylic acid groups (broad SMARTS) is 1. The number of aliphatic carboxylic acids is 1. The molecule has 0 bridgehead atoms. The zero-order valence-electron chi connectivity index (χ0n) is 47.8. The van der Waals surface area contributed by atoms with Gasteiger partial charge < -0.3 is 114 Å². The fourth-order valence-corrected chi connectivity index (χ4v) is 17.2. The number of aliphatic hydroxyl groups excluding tert-OH is 12. The summed E-state index contributed by atoms with van der Waals surface area (Å²) >= 11 is 0. The van der Waals surface area contributed by atoms with Crippen molar-refractivity contribution in [2.75, 3.05) is 26.4 Å². The van der Waals surface area contributed by atoms with Crippen molar-refractivity contribution in [3.8, 4) is 0 Å². The number of hydrogen-bond acceptors (Lipinski definition) is 23. The zero-order chi connectivity index (χ0) is 58.8. The third-order valence-electron chi connectivity index (χ3n) is 22.4. The Morgan fingerprint density at radius 1 is 0.568 bits per heavy atom. The van der Waals surface area contributed by atoms with Gasteiger partial charge in [-0.1, -0.05) is 60.1 Å². The number of hydrogen-bond donors (Lipinski definition) is 13. The minimum Gasteiger partial charge on any atom is -0.481 e. The lowest BCUT2D eigenvalue weighted by molar-refractivity contribution is -0.389. The lowest BCUT2D eigenvalue weighted by Gasteiger charge is -2.71. The first-order valence-electron chi connectivity index (χ1n) is 29.4. The minimum atomic E-state index is -1.96. The Hall–Kier alpha value is -1.67. The lowest BCUT2D eigenvalue weighted by Crippen LogP contribution is -2.66. The van der Waals surface area contributed by atoms with Crippen LogP contribution in [0, 0.1) is 50.2 Å². The van der Waals surface area contributed by atoms with Gasteiger partial charge in [-0.2, -0.15) is 0 Å². The van der Waals surface area contributed by atoms with E-state index in [1.165, 1.54) is 5.57 Å². The van der Waals surface area contributed by atoms with Crippen molar-refractivity contribution in [2.24, 2.45) is 50.2 Å². The van der Waals surface area contributed by atoms with E-state index >= 15 is 0 Å². The summed E-state index contributed by atoms with van der Waals surface area (Å²) in [6, 6.07) is 0. The van der Waals surface area contributed by atoms with Crippen LogP contribution in [0.15, 0.2) is 11.6 Å². The molecule has 5 saturated heterocycles. The molecular formula is C57H92O24. The molecule has 81 heavy (non-hydrogen) atoms. The molecule has 0 aromatic carbocycles. The van der Waals surface area contributed by atoms with Crippen molar-refractivity contribution in [2.45, 2.75) is 261 Å². The van der Waals surface area contributed by atoms with Crippen molar-refractivity contribution in [3.05, 3.63) is 11.6 Å². The second kappa shape index (κ2) is 22.8. The molecule has 5 heterocycles. The summed E-state index contributed by atoms with van der Waals surface area (Å²) in [5, 5.41) is 141. The summed E-state index contributed by atoms with van der Waals surface area (Å²) in [5.41, 5.74) is 0.0554. The standard InChI is InChI=1S/C57H92O24/c1-24-43(79-49-45(35(62)28(60)21-72-49)81-50-44(34(61)27(59)22-73-50)80-46-40(67)37(64)30(23-74-46)77-48-41(68)38(65)36(63)29(20-58)76-48)39(66)42(69)47(75-24)78-33-12-13-54(6)31(53(33,4)5)11-14-56(8)32(54)10-9-25-26-19-52(2,3)15-17-57(26,51(70)71)18-16-55(25,56)7/h9,24,26-50,58-69H,10-23H2,1-8H3,(H,70,71)/t24-,26?,27+,28-,29+,30+,31?,32?,33-,34-,35-,36+,37-,38-,39-,40+,41+,42+,43-,44+,45+,46-,47-,48-,49-,50-,54?,55?,56?,57?/m0/s1. The molecule has 0 radical (unpaired) electrons. The van der Waals surface area contributed by atoms with Gasteiger partial charge in [0, 0.05) is 0 Å². The van der Waals surface area contributed by atoms with Crippen LogP contribution in [0.2, 0.25) is 0 Å². The van der Waals surface area contributed by atoms with Crippen LogP contribution in [0.4, 0.5) is 0 Å². The highest BCUT2D eigenvalue weighted by molar-refractivity contribution is 5.76. The monoisotopic (exact) mass is 1160 g/mol. The molecular weight excluding hydrogens is 1070 g/mol. The molecule has 0 spiro atoms. The first-order valence-corrected chi connectivity index (χ1v) is 29.4. The van der Waals surface area contributed by atoms with Crippen LogP contribution in [0.1, 0.15) is 120 Å². The van der Waals surface area contributed by atoms with Gasteiger partial charge in [-0.3, -0.25) is 4.79 Å². The van der Waals surface area contributed by atoms with Gasteiger partial charge in [0.25, 0.3) is 0 Å². The summed E-state index contributed by atoms with van der Waals surface area (Å²) in [7, 11) is 0. The quantitative estimate of drug-likeness (QED) is 0.0849. The molecule has 13 N–H and O–H groups in total. The van der Waals surface area contributed by atoms with E-state index in [1.807, 2.05) is 0 Å². The van der Waals surface area contributed by atoms with E-state index < -0.39 is 178 Å². The van der Waals surface area contributed by atoms with E-state index in [2.05, 4.69) is 54.5 Å². The van der Waals surface area contributed by atoms with Crippen LogP contribution in [0.25, 0.3) is 0 Å². The summed E-state index contributed by atoms with van der Waals surface area (Å²) in [6.45, 7) is 15.7. The van der Waals surface area contributed by atoms with Gasteiger partial charge in [0.15, 0.2) is 31.5 Å². The Bertz CT molecular complexity index is 2250. The molecule has 0 aromatic heterocycles. The molecule has 464 valence electrons. The van der Waals surface area contributed by atoms with E-state index in [0.717, 1.165) is 44.9 Å². The molecule has 9 fully saturated rings. The topological polar surface area (TPSA) is 372 Å². The number of fused-ring (bicyclic) bond motifs is 7. The van der Waals surface area contributed by atoms with Crippen molar-refractivity contribution in [3.63, 3.8) is 0 Å². The maximum atomic E-state index is 13.2. The van der Waals surface area contributed by atoms with E-state index in [1.54, 1.807) is 6.92 Å². The number of ether oxygens (including phenoxy) is 10. The summed E-state index contributed by atoms with van der Waals surface area (Å²) < 4.78 is 59.6. The average molecular weight is 1160 g/mol. The Morgan fingerprint density at radius 2 is 1.14 bits per heavy atom. The maximum Gasteiger partial charge on any atom is 0.310 e. The first-order chi connectivity index (χ1) is 37.9. The molecule has 0 amide bonds. The molecule has 5 aliphatic carbocycles. The Labute approximate surface area is 472 Å². The van der Waals surface area contributed by atoms with Gasteiger partial charge in [-0.05, 0) is 116 Å². The molecule has 5 aliphatic heterocycles. The van der Waals surface area contributed by atoms with Crippen LogP contribution < -0.4 is 0 Å².